The first kappa shape index (κ1) is 12.7. The fourth-order valence-electron chi connectivity index (χ4n) is 3.43. The number of nitrogens with zero attached hydrogens (tertiary/aromatic N) is 2. The van der Waals surface area contributed by atoms with Crippen LogP contribution >= 0.6 is 0 Å². The Morgan fingerprint density at radius 3 is 2.89 bits per heavy atom. The molecule has 2 atom stereocenters. The van der Waals surface area contributed by atoms with Crippen molar-refractivity contribution in [3.63, 3.8) is 0 Å². The van der Waals surface area contributed by atoms with E-state index in [-0.39, 0.29) is 6.17 Å². The second-order valence-corrected chi connectivity index (χ2v) is 5.98. The fourth-order valence-corrected chi connectivity index (χ4v) is 3.43. The summed E-state index contributed by atoms with van der Waals surface area (Å²) in [5.41, 5.74) is 2.88. The minimum atomic E-state index is -0.708. The first-order valence-electron chi connectivity index (χ1n) is 6.96. The Morgan fingerprint density at radius 1 is 1.42 bits per heavy atom. The monoisotopic (exact) mass is 258 g/mol. The fraction of sp³-hybridized carbons (Fsp3) is 0.500. The van der Waals surface area contributed by atoms with Gasteiger partial charge in [-0.3, -0.25) is 4.90 Å². The summed E-state index contributed by atoms with van der Waals surface area (Å²) < 4.78 is 0. The van der Waals surface area contributed by atoms with Gasteiger partial charge < -0.3 is 10.0 Å². The van der Waals surface area contributed by atoms with Gasteiger partial charge in [0.05, 0.1) is 0 Å². The molecule has 2 aliphatic rings. The smallest absolute Gasteiger partial charge is 0.127 e. The SMILES string of the molecule is CC(C)=CCN1c2ccccc2C2(O)CCN(C)C12. The number of rotatable bonds is 2. The van der Waals surface area contributed by atoms with Crippen molar-refractivity contribution in [3.8, 4) is 0 Å². The zero-order valence-corrected chi connectivity index (χ0v) is 11.9. The Morgan fingerprint density at radius 2 is 2.16 bits per heavy atom. The number of aliphatic hydroxyl groups is 1. The summed E-state index contributed by atoms with van der Waals surface area (Å²) >= 11 is 0. The third kappa shape index (κ3) is 1.80. The number of para-hydroxylation sites is 1. The van der Waals surface area contributed by atoms with Crippen molar-refractivity contribution in [2.45, 2.75) is 32.0 Å². The second kappa shape index (κ2) is 4.36. The number of hydrogen-bond acceptors (Lipinski definition) is 3. The minimum Gasteiger partial charge on any atom is -0.381 e. The second-order valence-electron chi connectivity index (χ2n) is 5.98. The minimum absolute atomic E-state index is 0.0699. The highest BCUT2D eigenvalue weighted by Gasteiger charge is 2.54. The van der Waals surface area contributed by atoms with Crippen LogP contribution in [0.25, 0.3) is 0 Å². The number of likely N-dealkylation sites (N-methyl/N-ethyl adjacent to an activating group) is 1. The Bertz CT molecular complexity index is 521. The van der Waals surface area contributed by atoms with Gasteiger partial charge in [0, 0.05) is 24.3 Å². The summed E-state index contributed by atoms with van der Waals surface area (Å²) in [5, 5.41) is 11.1. The summed E-state index contributed by atoms with van der Waals surface area (Å²) in [4.78, 5) is 4.59. The van der Waals surface area contributed by atoms with E-state index in [1.807, 2.05) is 6.07 Å². The number of likely N-dealkylation sites (tertiary alicyclic amines) is 1. The third-order valence-electron chi connectivity index (χ3n) is 4.36. The van der Waals surface area contributed by atoms with Crippen LogP contribution in [0.5, 0.6) is 0 Å². The number of hydrogen-bond donors (Lipinski definition) is 1. The Hall–Kier alpha value is -1.32. The molecule has 0 aromatic heterocycles. The molecule has 0 saturated carbocycles. The van der Waals surface area contributed by atoms with Gasteiger partial charge in [-0.15, -0.1) is 0 Å². The zero-order valence-electron chi connectivity index (χ0n) is 11.9. The molecule has 1 N–H and O–H groups in total. The Kier molecular flexibility index (Phi) is 2.91. The average molecular weight is 258 g/mol. The summed E-state index contributed by atoms with van der Waals surface area (Å²) in [6.07, 6.45) is 3.12. The highest BCUT2D eigenvalue weighted by molar-refractivity contribution is 5.64. The molecule has 2 unspecified atom stereocenters. The normalized spacial score (nSPS) is 29.3. The van der Waals surface area contributed by atoms with E-state index in [1.165, 1.54) is 11.3 Å². The topological polar surface area (TPSA) is 26.7 Å². The van der Waals surface area contributed by atoms with E-state index < -0.39 is 5.60 Å². The summed E-state index contributed by atoms with van der Waals surface area (Å²) in [6, 6.07) is 8.28. The van der Waals surface area contributed by atoms with Crippen LogP contribution in [0.3, 0.4) is 0 Å². The van der Waals surface area contributed by atoms with Crippen molar-refractivity contribution in [2.24, 2.45) is 0 Å². The molecule has 3 rings (SSSR count). The molecule has 2 aliphatic heterocycles. The van der Waals surface area contributed by atoms with Crippen LogP contribution in [0, 0.1) is 0 Å². The Balaban J connectivity index is 2.05. The van der Waals surface area contributed by atoms with Crippen LogP contribution in [0.2, 0.25) is 0 Å². The Labute approximate surface area is 115 Å². The lowest BCUT2D eigenvalue weighted by Gasteiger charge is -2.33. The summed E-state index contributed by atoms with van der Waals surface area (Å²) in [5.74, 6) is 0. The number of benzene rings is 1. The zero-order chi connectivity index (χ0) is 13.6. The van der Waals surface area contributed by atoms with Gasteiger partial charge in [-0.05, 0) is 33.4 Å². The predicted molar refractivity (Wildman–Crippen MR) is 78.2 cm³/mol. The molecule has 3 nitrogen and oxygen atoms in total. The van der Waals surface area contributed by atoms with Crippen LogP contribution in [-0.4, -0.2) is 36.3 Å². The predicted octanol–water partition coefficient (Wildman–Crippen LogP) is 2.32. The van der Waals surface area contributed by atoms with E-state index in [0.717, 1.165) is 25.1 Å². The van der Waals surface area contributed by atoms with Crippen molar-refractivity contribution in [1.82, 2.24) is 4.90 Å². The van der Waals surface area contributed by atoms with Crippen molar-refractivity contribution in [2.75, 3.05) is 25.0 Å². The molecule has 0 amide bonds. The van der Waals surface area contributed by atoms with Gasteiger partial charge >= 0.3 is 0 Å². The highest BCUT2D eigenvalue weighted by Crippen LogP contribution is 2.49. The maximum absolute atomic E-state index is 11.1. The lowest BCUT2D eigenvalue weighted by Crippen LogP contribution is -2.48. The molecular weight excluding hydrogens is 236 g/mol. The lowest BCUT2D eigenvalue weighted by molar-refractivity contribution is 0.0153. The molecule has 1 aromatic carbocycles. The number of anilines is 1. The van der Waals surface area contributed by atoms with E-state index in [2.05, 4.69) is 55.0 Å². The largest absolute Gasteiger partial charge is 0.381 e. The molecule has 1 aromatic rings. The molecule has 3 heteroatoms. The summed E-state index contributed by atoms with van der Waals surface area (Å²) in [7, 11) is 2.10. The number of allylic oxidation sites excluding steroid dienone is 1. The van der Waals surface area contributed by atoms with Crippen molar-refractivity contribution < 1.29 is 5.11 Å². The lowest BCUT2D eigenvalue weighted by atomic mass is 9.93. The molecule has 0 bridgehead atoms. The first-order valence-corrected chi connectivity index (χ1v) is 6.96. The van der Waals surface area contributed by atoms with Gasteiger partial charge in [0.15, 0.2) is 0 Å². The van der Waals surface area contributed by atoms with Crippen LogP contribution in [0.15, 0.2) is 35.9 Å². The van der Waals surface area contributed by atoms with Gasteiger partial charge in [-0.25, -0.2) is 0 Å². The maximum atomic E-state index is 11.1. The highest BCUT2D eigenvalue weighted by atomic mass is 16.3. The third-order valence-corrected chi connectivity index (χ3v) is 4.36. The molecule has 0 radical (unpaired) electrons. The van der Waals surface area contributed by atoms with Gasteiger partial charge in [0.1, 0.15) is 11.8 Å². The van der Waals surface area contributed by atoms with E-state index in [0.29, 0.717) is 0 Å². The first-order chi connectivity index (χ1) is 9.04. The van der Waals surface area contributed by atoms with Crippen molar-refractivity contribution in [1.29, 1.82) is 0 Å². The van der Waals surface area contributed by atoms with Crippen molar-refractivity contribution in [3.05, 3.63) is 41.5 Å². The van der Waals surface area contributed by atoms with Crippen molar-refractivity contribution >= 4 is 5.69 Å². The van der Waals surface area contributed by atoms with E-state index in [1.54, 1.807) is 0 Å². The quantitative estimate of drug-likeness (QED) is 0.825. The van der Waals surface area contributed by atoms with Crippen LogP contribution < -0.4 is 4.90 Å². The molecule has 0 aliphatic carbocycles. The molecule has 1 fully saturated rings. The van der Waals surface area contributed by atoms with Gasteiger partial charge in [0.25, 0.3) is 0 Å². The van der Waals surface area contributed by atoms with Gasteiger partial charge in [-0.1, -0.05) is 29.8 Å². The molecule has 0 spiro atoms. The van der Waals surface area contributed by atoms with Gasteiger partial charge in [0.2, 0.25) is 0 Å². The van der Waals surface area contributed by atoms with E-state index >= 15 is 0 Å². The maximum Gasteiger partial charge on any atom is 0.127 e. The average Bonchev–Trinajstić information content (AvgIpc) is 2.81. The molecular formula is C16H22N2O. The van der Waals surface area contributed by atoms with Gasteiger partial charge in [-0.2, -0.15) is 0 Å². The standard InChI is InChI=1S/C16H22N2O/c1-12(2)8-10-18-14-7-5-4-6-13(14)16(19)9-11-17(3)15(16)18/h4-8,15,19H,9-11H2,1-3H3. The van der Waals surface area contributed by atoms with E-state index in [9.17, 15) is 5.11 Å². The molecule has 19 heavy (non-hydrogen) atoms. The van der Waals surface area contributed by atoms with Crippen LogP contribution in [-0.2, 0) is 5.60 Å². The summed E-state index contributed by atoms with van der Waals surface area (Å²) in [6.45, 7) is 6.04. The molecule has 2 heterocycles. The number of fused-ring (bicyclic) bond motifs is 3. The van der Waals surface area contributed by atoms with Crippen LogP contribution in [0.4, 0.5) is 5.69 Å². The molecule has 102 valence electrons. The van der Waals surface area contributed by atoms with E-state index in [4.69, 9.17) is 0 Å². The van der Waals surface area contributed by atoms with Crippen LogP contribution in [0.1, 0.15) is 25.8 Å². The molecule has 1 saturated heterocycles.